The maximum atomic E-state index is 2.33. The molecule has 4 rings (SSSR count). The Labute approximate surface area is 192 Å². The van der Waals surface area contributed by atoms with Crippen molar-refractivity contribution < 1.29 is 0 Å². The third kappa shape index (κ3) is 5.18. The smallest absolute Gasteiger partial charge is 0.0462 e. The third-order valence-corrected chi connectivity index (χ3v) is 5.90. The second-order valence-electron chi connectivity index (χ2n) is 8.21. The van der Waals surface area contributed by atoms with Gasteiger partial charge in [-0.05, 0) is 78.4 Å². The average Bonchev–Trinajstić information content (AvgIpc) is 2.85. The number of hydrogen-bond donors (Lipinski definition) is 0. The first-order chi connectivity index (χ1) is 15.7. The molecule has 0 radical (unpaired) electrons. The van der Waals surface area contributed by atoms with E-state index in [1.165, 1.54) is 39.2 Å². The Morgan fingerprint density at radius 3 is 1.22 bits per heavy atom. The van der Waals surface area contributed by atoms with Gasteiger partial charge < -0.3 is 4.90 Å². The summed E-state index contributed by atoms with van der Waals surface area (Å²) in [6.07, 6.45) is 6.44. The van der Waals surface area contributed by atoms with E-state index in [0.717, 1.165) is 18.5 Å². The average molecular weight is 418 g/mol. The summed E-state index contributed by atoms with van der Waals surface area (Å²) >= 11 is 0. The van der Waals surface area contributed by atoms with Crippen LogP contribution in [-0.4, -0.2) is 0 Å². The zero-order valence-electron chi connectivity index (χ0n) is 19.3. The van der Waals surface area contributed by atoms with Gasteiger partial charge in [0.05, 0.1) is 0 Å². The van der Waals surface area contributed by atoms with Crippen molar-refractivity contribution in [3.05, 3.63) is 125 Å². The van der Waals surface area contributed by atoms with Gasteiger partial charge in [0.15, 0.2) is 0 Å². The predicted molar refractivity (Wildman–Crippen MR) is 140 cm³/mol. The van der Waals surface area contributed by atoms with E-state index in [9.17, 15) is 0 Å². The highest BCUT2D eigenvalue weighted by molar-refractivity contribution is 5.78. The molecule has 0 saturated heterocycles. The summed E-state index contributed by atoms with van der Waals surface area (Å²) in [7, 11) is 0. The summed E-state index contributed by atoms with van der Waals surface area (Å²) in [5.74, 6) is 0. The first kappa shape index (κ1) is 21.6. The lowest BCUT2D eigenvalue weighted by atomic mass is 10.1. The van der Waals surface area contributed by atoms with E-state index in [0.29, 0.717) is 0 Å². The molecule has 0 unspecified atom stereocenters. The maximum Gasteiger partial charge on any atom is 0.0462 e. The van der Waals surface area contributed by atoms with Crippen molar-refractivity contribution in [2.24, 2.45) is 0 Å². The lowest BCUT2D eigenvalue weighted by Gasteiger charge is -2.26. The van der Waals surface area contributed by atoms with Gasteiger partial charge in [0, 0.05) is 17.1 Å². The van der Waals surface area contributed by atoms with E-state index in [4.69, 9.17) is 0 Å². The van der Waals surface area contributed by atoms with E-state index in [1.807, 2.05) is 0 Å². The van der Waals surface area contributed by atoms with Crippen molar-refractivity contribution in [3.63, 3.8) is 0 Å². The van der Waals surface area contributed by atoms with Crippen LogP contribution in [0.3, 0.4) is 0 Å². The van der Waals surface area contributed by atoms with E-state index >= 15 is 0 Å². The summed E-state index contributed by atoms with van der Waals surface area (Å²) in [5, 5.41) is 0. The quantitative estimate of drug-likeness (QED) is 0.272. The molecule has 4 aromatic rings. The molecule has 0 aliphatic carbocycles. The number of aryl methyl sites for hydroxylation is 3. The van der Waals surface area contributed by atoms with Gasteiger partial charge in [-0.25, -0.2) is 0 Å². The number of rotatable bonds is 7. The highest BCUT2D eigenvalue weighted by atomic mass is 15.1. The predicted octanol–water partition coefficient (Wildman–Crippen LogP) is 8.76. The van der Waals surface area contributed by atoms with Crippen LogP contribution in [0.5, 0.6) is 0 Å². The van der Waals surface area contributed by atoms with Gasteiger partial charge in [-0.2, -0.15) is 0 Å². The molecule has 0 bridgehead atoms. The van der Waals surface area contributed by atoms with E-state index < -0.39 is 0 Å². The highest BCUT2D eigenvalue weighted by Gasteiger charge is 2.12. The largest absolute Gasteiger partial charge is 0.311 e. The van der Waals surface area contributed by atoms with Crippen molar-refractivity contribution in [3.8, 4) is 0 Å². The van der Waals surface area contributed by atoms with E-state index in [1.54, 1.807) is 0 Å². The van der Waals surface area contributed by atoms with Crippen molar-refractivity contribution in [2.75, 3.05) is 4.90 Å². The number of anilines is 3. The van der Waals surface area contributed by atoms with Gasteiger partial charge in [0.2, 0.25) is 0 Å². The molecule has 0 heterocycles. The van der Waals surface area contributed by atoms with Gasteiger partial charge in [-0.3, -0.25) is 0 Å². The zero-order chi connectivity index (χ0) is 22.3. The van der Waals surface area contributed by atoms with Gasteiger partial charge in [0.1, 0.15) is 0 Å². The lowest BCUT2D eigenvalue weighted by Crippen LogP contribution is -2.10. The van der Waals surface area contributed by atoms with Crippen molar-refractivity contribution >= 4 is 29.2 Å². The Morgan fingerprint density at radius 2 is 0.844 bits per heavy atom. The van der Waals surface area contributed by atoms with Crippen LogP contribution >= 0.6 is 0 Å². The Kier molecular flexibility index (Phi) is 6.87. The molecule has 1 heteroatoms. The molecule has 0 spiro atoms. The molecule has 0 atom stereocenters. The monoisotopic (exact) mass is 417 g/mol. The van der Waals surface area contributed by atoms with Crippen molar-refractivity contribution in [2.45, 2.75) is 33.6 Å². The number of nitrogens with zero attached hydrogens (tertiary/aromatic N) is 1. The van der Waals surface area contributed by atoms with Gasteiger partial charge in [-0.15, -0.1) is 0 Å². The lowest BCUT2D eigenvalue weighted by molar-refractivity contribution is 1.13. The Balaban J connectivity index is 1.64. The van der Waals surface area contributed by atoms with Crippen LogP contribution in [0.4, 0.5) is 17.1 Å². The first-order valence-electron chi connectivity index (χ1n) is 11.5. The molecule has 0 saturated carbocycles. The summed E-state index contributed by atoms with van der Waals surface area (Å²) in [6, 6.07) is 35.2. The molecule has 0 fully saturated rings. The van der Waals surface area contributed by atoms with Crippen LogP contribution in [0.1, 0.15) is 41.7 Å². The Morgan fingerprint density at radius 1 is 0.500 bits per heavy atom. The second-order valence-corrected chi connectivity index (χ2v) is 8.21. The minimum atomic E-state index is 1.05. The molecular formula is C31H31N. The fourth-order valence-electron chi connectivity index (χ4n) is 3.81. The van der Waals surface area contributed by atoms with Crippen LogP contribution in [0, 0.1) is 6.92 Å². The number of benzene rings is 4. The summed E-state index contributed by atoms with van der Waals surface area (Å²) in [6.45, 7) is 6.50. The van der Waals surface area contributed by atoms with Crippen LogP contribution in [0.2, 0.25) is 0 Å². The highest BCUT2D eigenvalue weighted by Crippen LogP contribution is 2.35. The fourth-order valence-corrected chi connectivity index (χ4v) is 3.81. The Hall–Kier alpha value is -3.58. The molecular weight excluding hydrogens is 386 g/mol. The summed E-state index contributed by atoms with van der Waals surface area (Å²) in [5.41, 5.74) is 9.91. The first-order valence-corrected chi connectivity index (χ1v) is 11.5. The zero-order valence-corrected chi connectivity index (χ0v) is 19.3. The minimum Gasteiger partial charge on any atom is -0.311 e. The number of hydrogen-bond acceptors (Lipinski definition) is 1. The molecule has 0 aliphatic heterocycles. The molecule has 160 valence electrons. The molecule has 0 N–H and O–H groups in total. The van der Waals surface area contributed by atoms with Gasteiger partial charge >= 0.3 is 0 Å². The standard InChI is InChI=1S/C31H31N/c1-4-25-12-18-29(19-13-25)32(30-20-14-26(5-2)15-21-30)31-22-16-28(17-23-31)11-10-27-8-6-24(3)7-9-27/h6-23H,4-5H2,1-3H3/b11-10+. The van der Waals surface area contributed by atoms with Crippen molar-refractivity contribution in [1.82, 2.24) is 0 Å². The topological polar surface area (TPSA) is 3.24 Å². The SMILES string of the molecule is CCc1ccc(N(c2ccc(/C=C/c3ccc(C)cc3)cc2)c2ccc(CC)cc2)cc1. The normalized spacial score (nSPS) is 11.1. The summed E-state index contributed by atoms with van der Waals surface area (Å²) < 4.78 is 0. The fraction of sp³-hybridized carbons (Fsp3) is 0.161. The van der Waals surface area contributed by atoms with E-state index in [-0.39, 0.29) is 0 Å². The molecule has 32 heavy (non-hydrogen) atoms. The maximum absolute atomic E-state index is 2.33. The van der Waals surface area contributed by atoms with Crippen LogP contribution in [0.25, 0.3) is 12.2 Å². The second kappa shape index (κ2) is 10.2. The van der Waals surface area contributed by atoms with Gasteiger partial charge in [0.25, 0.3) is 0 Å². The molecule has 4 aromatic carbocycles. The molecule has 1 nitrogen and oxygen atoms in total. The van der Waals surface area contributed by atoms with Crippen LogP contribution in [-0.2, 0) is 12.8 Å². The summed E-state index contributed by atoms with van der Waals surface area (Å²) in [4.78, 5) is 2.33. The minimum absolute atomic E-state index is 1.05. The van der Waals surface area contributed by atoms with Crippen LogP contribution < -0.4 is 4.90 Å². The Bertz CT molecular complexity index is 1100. The van der Waals surface area contributed by atoms with Crippen molar-refractivity contribution in [1.29, 1.82) is 0 Å². The molecule has 0 amide bonds. The third-order valence-electron chi connectivity index (χ3n) is 5.90. The molecule has 0 aromatic heterocycles. The van der Waals surface area contributed by atoms with Gasteiger partial charge in [-0.1, -0.05) is 92.2 Å². The van der Waals surface area contributed by atoms with Crippen LogP contribution in [0.15, 0.2) is 97.1 Å². The molecule has 0 aliphatic rings. The van der Waals surface area contributed by atoms with E-state index in [2.05, 4.69) is 135 Å².